The van der Waals surface area contributed by atoms with Gasteiger partial charge in [0.05, 0.1) is 16.7 Å². The van der Waals surface area contributed by atoms with Crippen molar-refractivity contribution >= 4 is 34.3 Å². The third-order valence-electron chi connectivity index (χ3n) is 5.54. The summed E-state index contributed by atoms with van der Waals surface area (Å²) in [4.78, 5) is 33.6. The number of hydrogen-bond acceptors (Lipinski definition) is 5. The van der Waals surface area contributed by atoms with E-state index >= 15 is 0 Å². The summed E-state index contributed by atoms with van der Waals surface area (Å²) in [7, 11) is 3.98. The molecule has 1 amide bonds. The molecule has 0 aliphatic carbocycles. The van der Waals surface area contributed by atoms with Gasteiger partial charge in [0.2, 0.25) is 0 Å². The van der Waals surface area contributed by atoms with Crippen molar-refractivity contribution < 1.29 is 4.79 Å². The van der Waals surface area contributed by atoms with E-state index in [-0.39, 0.29) is 16.8 Å². The van der Waals surface area contributed by atoms with Crippen molar-refractivity contribution in [2.24, 2.45) is 0 Å². The van der Waals surface area contributed by atoms with E-state index in [1.807, 2.05) is 91.8 Å². The number of nitrogens with zero attached hydrogens (tertiary/aromatic N) is 4. The standard InChI is InChI=1S/C25H22N4O2S/c1-27(2)19-14-12-18(13-15-19)25-28(22(30)16-32-25)29-23(17-8-4-3-5-9-17)26-21-11-7-6-10-20(21)24(29)31/h3-15,25H,16H2,1-2H3. The molecule has 32 heavy (non-hydrogen) atoms. The van der Waals surface area contributed by atoms with Gasteiger partial charge >= 0.3 is 0 Å². The zero-order valence-electron chi connectivity index (χ0n) is 17.8. The second kappa shape index (κ2) is 8.16. The summed E-state index contributed by atoms with van der Waals surface area (Å²) in [6.45, 7) is 0. The smallest absolute Gasteiger partial charge is 0.280 e. The van der Waals surface area contributed by atoms with Crippen molar-refractivity contribution in [1.29, 1.82) is 0 Å². The fraction of sp³-hybridized carbons (Fsp3) is 0.160. The van der Waals surface area contributed by atoms with E-state index in [4.69, 9.17) is 4.98 Å². The lowest BCUT2D eigenvalue weighted by Gasteiger charge is -2.28. The minimum Gasteiger partial charge on any atom is -0.378 e. The van der Waals surface area contributed by atoms with Gasteiger partial charge in [-0.3, -0.25) is 9.59 Å². The zero-order chi connectivity index (χ0) is 22.2. The summed E-state index contributed by atoms with van der Waals surface area (Å²) in [5.41, 5.74) is 3.18. The molecule has 3 aromatic carbocycles. The highest BCUT2D eigenvalue weighted by molar-refractivity contribution is 8.00. The second-order valence-electron chi connectivity index (χ2n) is 7.82. The SMILES string of the molecule is CN(C)c1ccc(C2SCC(=O)N2n2c(-c3ccccc3)nc3ccccc3c2=O)cc1. The molecule has 1 aliphatic rings. The van der Waals surface area contributed by atoms with E-state index < -0.39 is 0 Å². The quantitative estimate of drug-likeness (QED) is 0.477. The van der Waals surface area contributed by atoms with Gasteiger partial charge < -0.3 is 4.90 Å². The Morgan fingerprint density at radius 2 is 1.59 bits per heavy atom. The molecule has 160 valence electrons. The molecule has 0 bridgehead atoms. The highest BCUT2D eigenvalue weighted by Gasteiger charge is 2.37. The Morgan fingerprint density at radius 3 is 2.31 bits per heavy atom. The molecule has 0 radical (unpaired) electrons. The largest absolute Gasteiger partial charge is 0.378 e. The van der Waals surface area contributed by atoms with E-state index in [2.05, 4.69) is 0 Å². The molecule has 4 aromatic rings. The number of para-hydroxylation sites is 1. The average Bonchev–Trinajstić information content (AvgIpc) is 3.20. The summed E-state index contributed by atoms with van der Waals surface area (Å²) in [6, 6.07) is 24.9. The first-order valence-corrected chi connectivity index (χ1v) is 11.4. The van der Waals surface area contributed by atoms with Gasteiger partial charge in [-0.1, -0.05) is 54.6 Å². The summed E-state index contributed by atoms with van der Waals surface area (Å²) in [5, 5.41) is 1.74. The molecule has 1 atom stereocenters. The molecule has 1 aromatic heterocycles. The Hall–Kier alpha value is -3.58. The maximum Gasteiger partial charge on any atom is 0.280 e. The lowest BCUT2D eigenvalue weighted by molar-refractivity contribution is -0.117. The Kier molecular flexibility index (Phi) is 5.19. The van der Waals surface area contributed by atoms with Gasteiger partial charge in [0.15, 0.2) is 5.82 Å². The maximum atomic E-state index is 13.7. The minimum absolute atomic E-state index is 0.118. The Balaban J connectivity index is 1.72. The Labute approximate surface area is 190 Å². The monoisotopic (exact) mass is 442 g/mol. The van der Waals surface area contributed by atoms with Gasteiger partial charge in [-0.15, -0.1) is 11.8 Å². The van der Waals surface area contributed by atoms with Crippen molar-refractivity contribution in [3.63, 3.8) is 0 Å². The highest BCUT2D eigenvalue weighted by atomic mass is 32.2. The normalized spacial score (nSPS) is 16.0. The summed E-state index contributed by atoms with van der Waals surface area (Å²) < 4.78 is 1.46. The van der Waals surface area contributed by atoms with Crippen molar-refractivity contribution in [2.45, 2.75) is 5.37 Å². The van der Waals surface area contributed by atoms with Gasteiger partial charge in [-0.25, -0.2) is 9.99 Å². The predicted molar refractivity (Wildman–Crippen MR) is 131 cm³/mol. The number of hydrogen-bond donors (Lipinski definition) is 0. The number of aromatic nitrogens is 2. The second-order valence-corrected chi connectivity index (χ2v) is 8.89. The molecule has 0 spiro atoms. The summed E-state index contributed by atoms with van der Waals surface area (Å²) >= 11 is 1.51. The van der Waals surface area contributed by atoms with E-state index in [0.29, 0.717) is 22.5 Å². The highest BCUT2D eigenvalue weighted by Crippen LogP contribution is 2.38. The van der Waals surface area contributed by atoms with Crippen LogP contribution in [0.2, 0.25) is 0 Å². The van der Waals surface area contributed by atoms with Crippen molar-refractivity contribution in [2.75, 3.05) is 29.8 Å². The lowest BCUT2D eigenvalue weighted by atomic mass is 10.1. The molecule has 6 nitrogen and oxygen atoms in total. The average molecular weight is 443 g/mol. The van der Waals surface area contributed by atoms with Crippen LogP contribution in [0.5, 0.6) is 0 Å². The van der Waals surface area contributed by atoms with Crippen LogP contribution in [0.1, 0.15) is 10.9 Å². The molecule has 1 unspecified atom stereocenters. The molecule has 5 rings (SSSR count). The molecule has 2 heterocycles. The van der Waals surface area contributed by atoms with Crippen LogP contribution in [0.15, 0.2) is 83.7 Å². The lowest BCUT2D eigenvalue weighted by Crippen LogP contribution is -2.46. The first-order valence-electron chi connectivity index (χ1n) is 10.3. The molecule has 0 N–H and O–H groups in total. The third kappa shape index (κ3) is 3.44. The number of thioether (sulfide) groups is 1. The van der Waals surface area contributed by atoms with Crippen LogP contribution in [0.25, 0.3) is 22.3 Å². The molecule has 1 aliphatic heterocycles. The topological polar surface area (TPSA) is 58.4 Å². The number of anilines is 1. The van der Waals surface area contributed by atoms with Crippen LogP contribution >= 0.6 is 11.8 Å². The maximum absolute atomic E-state index is 13.7. The summed E-state index contributed by atoms with van der Waals surface area (Å²) in [5.74, 6) is 0.640. The Bertz CT molecular complexity index is 1350. The molecular formula is C25H22N4O2S. The third-order valence-corrected chi connectivity index (χ3v) is 6.74. The van der Waals surface area contributed by atoms with Crippen LogP contribution in [-0.4, -0.2) is 35.4 Å². The van der Waals surface area contributed by atoms with Crippen molar-refractivity contribution in [1.82, 2.24) is 9.66 Å². The number of carbonyl (C=O) groups excluding carboxylic acids is 1. The number of rotatable bonds is 4. The molecule has 1 fully saturated rings. The predicted octanol–water partition coefficient (Wildman–Crippen LogP) is 4.04. The van der Waals surface area contributed by atoms with E-state index in [1.165, 1.54) is 16.4 Å². The fourth-order valence-corrected chi connectivity index (χ4v) is 5.04. The number of amides is 1. The van der Waals surface area contributed by atoms with Gasteiger partial charge in [0.1, 0.15) is 5.37 Å². The summed E-state index contributed by atoms with van der Waals surface area (Å²) in [6.07, 6.45) is 0. The minimum atomic E-state index is -0.318. The molecular weight excluding hydrogens is 420 g/mol. The van der Waals surface area contributed by atoms with Crippen LogP contribution in [-0.2, 0) is 4.79 Å². The van der Waals surface area contributed by atoms with E-state index in [9.17, 15) is 9.59 Å². The fourth-order valence-electron chi connectivity index (χ4n) is 3.91. The van der Waals surface area contributed by atoms with Gasteiger partial charge in [0, 0.05) is 25.3 Å². The van der Waals surface area contributed by atoms with Crippen LogP contribution in [0.3, 0.4) is 0 Å². The first kappa shape index (κ1) is 20.3. The number of carbonyl (C=O) groups is 1. The molecule has 7 heteroatoms. The van der Waals surface area contributed by atoms with Crippen LogP contribution in [0, 0.1) is 0 Å². The number of benzene rings is 3. The Morgan fingerprint density at radius 1 is 0.906 bits per heavy atom. The number of fused-ring (bicyclic) bond motifs is 1. The first-order chi connectivity index (χ1) is 15.5. The molecule has 1 saturated heterocycles. The van der Waals surface area contributed by atoms with E-state index in [0.717, 1.165) is 16.8 Å². The van der Waals surface area contributed by atoms with Crippen molar-refractivity contribution in [3.8, 4) is 11.4 Å². The van der Waals surface area contributed by atoms with Gasteiger partial charge in [-0.05, 0) is 29.8 Å². The zero-order valence-corrected chi connectivity index (χ0v) is 18.6. The van der Waals surface area contributed by atoms with Crippen LogP contribution in [0.4, 0.5) is 5.69 Å². The van der Waals surface area contributed by atoms with Crippen LogP contribution < -0.4 is 15.5 Å². The van der Waals surface area contributed by atoms with Gasteiger partial charge in [-0.2, -0.15) is 4.68 Å². The van der Waals surface area contributed by atoms with E-state index in [1.54, 1.807) is 11.1 Å². The van der Waals surface area contributed by atoms with Crippen molar-refractivity contribution in [3.05, 3.63) is 94.8 Å². The molecule has 0 saturated carbocycles. The van der Waals surface area contributed by atoms with Gasteiger partial charge in [0.25, 0.3) is 11.5 Å².